The van der Waals surface area contributed by atoms with E-state index in [1.165, 1.54) is 0 Å². The van der Waals surface area contributed by atoms with Gasteiger partial charge >= 0.3 is 36.0 Å². The van der Waals surface area contributed by atoms with Crippen molar-refractivity contribution < 1.29 is 63.0 Å². The van der Waals surface area contributed by atoms with Gasteiger partial charge in [0.1, 0.15) is 0 Å². The molecule has 8 N–H and O–H groups in total. The quantitative estimate of drug-likeness (QED) is 0.0666. The minimum atomic E-state index is -5.50. The molecule has 0 saturated heterocycles. The van der Waals surface area contributed by atoms with E-state index in [2.05, 4.69) is 13.7 Å². The topological polar surface area (TPSA) is 266 Å². The van der Waals surface area contributed by atoms with Gasteiger partial charge in [0.15, 0.2) is 0 Å². The van der Waals surface area contributed by atoms with Gasteiger partial charge in [-0.05, 0) is 25.9 Å². The Morgan fingerprint density at radius 2 is 1.18 bits per heavy atom. The molecule has 0 heterocycles. The van der Waals surface area contributed by atoms with Gasteiger partial charge in [-0.2, -0.15) is 16.8 Å². The standard InChI is InChI=1S/C8H22N2O14P2S2/c11-25(12,13)8(26(14,15)16,10-4-2-6-24-28(20,21)22)7-9-3-1-5-23-27(17,18)19/h9-10H,1-7H2,(H2,11,12,13)(H2,14,15,16)(H,17,18,19)(H,20,21,22). The zero-order valence-corrected chi connectivity index (χ0v) is 17.5. The predicted octanol–water partition coefficient (Wildman–Crippen LogP) is -2.41. The second-order valence-electron chi connectivity index (χ2n) is 5.21. The molecule has 0 aliphatic heterocycles. The van der Waals surface area contributed by atoms with Crippen LogP contribution in [-0.4, -0.2) is 83.4 Å². The summed E-state index contributed by atoms with van der Waals surface area (Å²) >= 11 is 0. The first-order valence-electron chi connectivity index (χ1n) is 7.22. The zero-order valence-electron chi connectivity index (χ0n) is 14.1. The van der Waals surface area contributed by atoms with Crippen molar-refractivity contribution in [3.63, 3.8) is 0 Å². The molecule has 0 atom stereocenters. The SMILES string of the molecule is O=P(O)(O)C(CNCCCOS(=O)(=O)O)(NCCCOS(=O)(=O)O)P(=O)(O)O. The lowest BCUT2D eigenvalue weighted by atomic mass is 10.4. The monoisotopic (exact) mass is 496 g/mol. The van der Waals surface area contributed by atoms with Crippen molar-refractivity contribution in [2.45, 2.75) is 17.9 Å². The first-order valence-corrected chi connectivity index (χ1v) is 13.2. The summed E-state index contributed by atoms with van der Waals surface area (Å²) < 4.78 is 89.7. The Labute approximate surface area is 160 Å². The number of hydrogen-bond donors (Lipinski definition) is 8. The fourth-order valence-electron chi connectivity index (χ4n) is 1.79. The van der Waals surface area contributed by atoms with E-state index >= 15 is 0 Å². The highest BCUT2D eigenvalue weighted by Gasteiger charge is 2.59. The van der Waals surface area contributed by atoms with Crippen LogP contribution in [0.1, 0.15) is 12.8 Å². The molecule has 0 rings (SSSR count). The molecule has 0 fully saturated rings. The van der Waals surface area contributed by atoms with Crippen molar-refractivity contribution in [2.24, 2.45) is 0 Å². The van der Waals surface area contributed by atoms with Crippen LogP contribution in [0.3, 0.4) is 0 Å². The van der Waals surface area contributed by atoms with Gasteiger partial charge in [0.2, 0.25) is 5.02 Å². The molecular formula is C8H22N2O14P2S2. The molecule has 0 aromatic rings. The van der Waals surface area contributed by atoms with Crippen LogP contribution in [0.25, 0.3) is 0 Å². The summed E-state index contributed by atoms with van der Waals surface area (Å²) in [5.41, 5.74) is 0. The van der Waals surface area contributed by atoms with E-state index in [1.54, 1.807) is 0 Å². The van der Waals surface area contributed by atoms with Crippen LogP contribution in [0.15, 0.2) is 0 Å². The lowest BCUT2D eigenvalue weighted by Crippen LogP contribution is -2.52. The second-order valence-corrected chi connectivity index (χ2v) is 11.5. The van der Waals surface area contributed by atoms with E-state index in [4.69, 9.17) is 9.11 Å². The second kappa shape index (κ2) is 10.8. The lowest BCUT2D eigenvalue weighted by molar-refractivity contribution is 0.249. The Bertz CT molecular complexity index is 764. The summed E-state index contributed by atoms with van der Waals surface area (Å²) in [5, 5.41) is 1.26. The average molecular weight is 496 g/mol. The molecule has 0 unspecified atom stereocenters. The molecule has 20 heteroatoms. The molecule has 0 aromatic heterocycles. The molecule has 0 saturated carbocycles. The van der Waals surface area contributed by atoms with Gasteiger partial charge in [0, 0.05) is 6.54 Å². The van der Waals surface area contributed by atoms with E-state index in [0.717, 1.165) is 0 Å². The normalized spacial score (nSPS) is 14.4. The molecule has 16 nitrogen and oxygen atoms in total. The number of rotatable bonds is 15. The molecule has 0 aliphatic rings. The Hall–Kier alpha value is -0.0400. The zero-order chi connectivity index (χ0) is 22.3. The summed E-state index contributed by atoms with van der Waals surface area (Å²) in [6.45, 7) is -2.83. The van der Waals surface area contributed by atoms with Crippen LogP contribution < -0.4 is 10.6 Å². The van der Waals surface area contributed by atoms with Gasteiger partial charge in [0.05, 0.1) is 13.2 Å². The number of nitrogens with one attached hydrogen (secondary N) is 2. The van der Waals surface area contributed by atoms with Crippen LogP contribution in [0, 0.1) is 0 Å². The van der Waals surface area contributed by atoms with Gasteiger partial charge < -0.3 is 24.9 Å². The molecule has 0 bridgehead atoms. The molecule has 0 aromatic carbocycles. The maximum Gasteiger partial charge on any atom is 0.397 e. The molecular weight excluding hydrogens is 474 g/mol. The van der Waals surface area contributed by atoms with Gasteiger partial charge in [-0.1, -0.05) is 0 Å². The van der Waals surface area contributed by atoms with Crippen LogP contribution in [0.4, 0.5) is 0 Å². The van der Waals surface area contributed by atoms with Gasteiger partial charge in [-0.3, -0.25) is 23.6 Å². The fraction of sp³-hybridized carbons (Fsp3) is 1.00. The first-order chi connectivity index (χ1) is 12.4. The molecule has 0 amide bonds. The van der Waals surface area contributed by atoms with Crippen molar-refractivity contribution in [3.05, 3.63) is 0 Å². The largest absolute Gasteiger partial charge is 0.397 e. The Balaban J connectivity index is 4.96. The van der Waals surface area contributed by atoms with E-state index in [0.29, 0.717) is 0 Å². The highest BCUT2D eigenvalue weighted by Crippen LogP contribution is 2.67. The van der Waals surface area contributed by atoms with Crippen LogP contribution in [0.5, 0.6) is 0 Å². The maximum atomic E-state index is 11.8. The summed E-state index contributed by atoms with van der Waals surface area (Å²) in [6.07, 6.45) is -0.413. The molecule has 0 aliphatic carbocycles. The third-order valence-corrected chi connectivity index (χ3v) is 8.08. The van der Waals surface area contributed by atoms with Crippen molar-refractivity contribution in [3.8, 4) is 0 Å². The van der Waals surface area contributed by atoms with Crippen LogP contribution in [-0.2, 0) is 38.3 Å². The van der Waals surface area contributed by atoms with Crippen molar-refractivity contribution in [1.82, 2.24) is 10.6 Å². The Morgan fingerprint density at radius 3 is 1.54 bits per heavy atom. The van der Waals surface area contributed by atoms with Crippen LogP contribution in [0.2, 0.25) is 0 Å². The predicted molar refractivity (Wildman–Crippen MR) is 91.9 cm³/mol. The fourth-order valence-corrected chi connectivity index (χ4v) is 5.08. The maximum absolute atomic E-state index is 11.8. The minimum Gasteiger partial charge on any atom is -0.323 e. The molecule has 0 spiro atoms. The van der Waals surface area contributed by atoms with Crippen molar-refractivity contribution in [2.75, 3.05) is 32.8 Å². The van der Waals surface area contributed by atoms with E-state index < -0.39 is 67.3 Å². The summed E-state index contributed by atoms with van der Waals surface area (Å²) in [5.74, 6) is 0. The summed E-state index contributed by atoms with van der Waals surface area (Å²) in [7, 11) is -20.4. The first kappa shape index (κ1) is 28.0. The highest BCUT2D eigenvalue weighted by atomic mass is 32.3. The minimum absolute atomic E-state index is 0.111. The van der Waals surface area contributed by atoms with E-state index in [9.17, 15) is 45.5 Å². The molecule has 28 heavy (non-hydrogen) atoms. The Morgan fingerprint density at radius 1 is 0.786 bits per heavy atom. The smallest absolute Gasteiger partial charge is 0.323 e. The Kier molecular flexibility index (Phi) is 10.8. The molecule has 0 radical (unpaired) electrons. The third kappa shape index (κ3) is 10.7. The van der Waals surface area contributed by atoms with Gasteiger partial charge in [-0.25, -0.2) is 8.37 Å². The van der Waals surface area contributed by atoms with Crippen LogP contribution >= 0.6 is 15.2 Å². The lowest BCUT2D eigenvalue weighted by Gasteiger charge is -2.35. The van der Waals surface area contributed by atoms with Crippen molar-refractivity contribution in [1.29, 1.82) is 0 Å². The van der Waals surface area contributed by atoms with Gasteiger partial charge in [-0.15, -0.1) is 0 Å². The average Bonchev–Trinajstić information content (AvgIpc) is 2.43. The van der Waals surface area contributed by atoms with Gasteiger partial charge in [0.25, 0.3) is 0 Å². The number of hydrogen-bond acceptors (Lipinski definition) is 10. The summed E-state index contributed by atoms with van der Waals surface area (Å²) in [6, 6.07) is 0. The van der Waals surface area contributed by atoms with Crippen molar-refractivity contribution >= 4 is 36.0 Å². The van der Waals surface area contributed by atoms with E-state index in [-0.39, 0.29) is 19.4 Å². The molecule has 170 valence electrons. The summed E-state index contributed by atoms with van der Waals surface area (Å²) in [4.78, 5) is 37.9. The third-order valence-electron chi connectivity index (χ3n) is 3.03. The van der Waals surface area contributed by atoms with E-state index in [1.807, 2.05) is 5.32 Å². The highest BCUT2D eigenvalue weighted by molar-refractivity contribution is 7.81.